The van der Waals surface area contributed by atoms with Crippen molar-refractivity contribution >= 4 is 49.8 Å². The first-order chi connectivity index (χ1) is 29.7. The lowest BCUT2D eigenvalue weighted by Crippen LogP contribution is -2.11. The summed E-state index contributed by atoms with van der Waals surface area (Å²) in [5.74, 6) is 0. The van der Waals surface area contributed by atoms with E-state index in [4.69, 9.17) is 4.42 Å². The van der Waals surface area contributed by atoms with Crippen LogP contribution in [0.4, 0.5) is 17.1 Å². The molecule has 0 spiro atoms. The summed E-state index contributed by atoms with van der Waals surface area (Å²) in [5.41, 5.74) is 16.9. The Bertz CT molecular complexity index is 3290. The fourth-order valence-corrected chi connectivity index (χ4v) is 8.57. The molecule has 11 aromatic rings. The van der Waals surface area contributed by atoms with Gasteiger partial charge in [-0.3, -0.25) is 0 Å². The highest BCUT2D eigenvalue weighted by molar-refractivity contribution is 6.06. The highest BCUT2D eigenvalue weighted by atomic mass is 16.3. The van der Waals surface area contributed by atoms with Crippen molar-refractivity contribution in [1.82, 2.24) is 0 Å². The third-order valence-electron chi connectivity index (χ3n) is 11.7. The van der Waals surface area contributed by atoms with Crippen molar-refractivity contribution in [2.24, 2.45) is 0 Å². The molecular formula is C58H39NO. The van der Waals surface area contributed by atoms with E-state index in [2.05, 4.69) is 229 Å². The quantitative estimate of drug-likeness (QED) is 0.153. The Balaban J connectivity index is 0.978. The second-order valence-corrected chi connectivity index (χ2v) is 15.3. The Morgan fingerprint density at radius 3 is 1.52 bits per heavy atom. The first kappa shape index (κ1) is 35.2. The monoisotopic (exact) mass is 765 g/mol. The third kappa shape index (κ3) is 6.61. The minimum Gasteiger partial charge on any atom is -0.456 e. The van der Waals surface area contributed by atoms with Crippen molar-refractivity contribution in [3.05, 3.63) is 237 Å². The maximum absolute atomic E-state index is 6.14. The van der Waals surface area contributed by atoms with Crippen LogP contribution in [0.25, 0.3) is 88.3 Å². The molecule has 11 rings (SSSR count). The van der Waals surface area contributed by atoms with E-state index in [0.717, 1.165) is 61.3 Å². The summed E-state index contributed by atoms with van der Waals surface area (Å²) in [6.07, 6.45) is 0. The summed E-state index contributed by atoms with van der Waals surface area (Å²) in [6.45, 7) is 0. The van der Waals surface area contributed by atoms with Gasteiger partial charge in [-0.25, -0.2) is 0 Å². The Hall–Kier alpha value is -7.94. The van der Waals surface area contributed by atoms with Crippen LogP contribution in [-0.4, -0.2) is 0 Å². The lowest BCUT2D eigenvalue weighted by atomic mass is 9.96. The SMILES string of the molecule is c1ccc(-c2ccc(-c3ccccc3N(c3ccc(-c4cccc(-c5ccc6ccccc6c5)c4)cc3)c3ccc(-c4ccc5oc6ccccc6c5c4)cc3)cc2)cc1. The van der Waals surface area contributed by atoms with E-state index in [1.165, 1.54) is 44.2 Å². The van der Waals surface area contributed by atoms with Crippen LogP contribution in [-0.2, 0) is 0 Å². The third-order valence-corrected chi connectivity index (χ3v) is 11.7. The molecule has 0 amide bonds. The summed E-state index contributed by atoms with van der Waals surface area (Å²) in [5, 5.41) is 4.76. The maximum Gasteiger partial charge on any atom is 0.135 e. The molecule has 0 N–H and O–H groups in total. The number of fused-ring (bicyclic) bond motifs is 4. The molecule has 2 nitrogen and oxygen atoms in total. The Morgan fingerprint density at radius 1 is 0.267 bits per heavy atom. The van der Waals surface area contributed by atoms with Crippen LogP contribution in [0.2, 0.25) is 0 Å². The lowest BCUT2D eigenvalue weighted by Gasteiger charge is -2.28. The van der Waals surface area contributed by atoms with Gasteiger partial charge in [0.1, 0.15) is 11.2 Å². The van der Waals surface area contributed by atoms with E-state index >= 15 is 0 Å². The minimum atomic E-state index is 0.903. The van der Waals surface area contributed by atoms with Gasteiger partial charge in [0.2, 0.25) is 0 Å². The molecular weight excluding hydrogens is 727 g/mol. The number of para-hydroxylation sites is 2. The second kappa shape index (κ2) is 15.1. The molecule has 282 valence electrons. The van der Waals surface area contributed by atoms with Crippen molar-refractivity contribution in [3.8, 4) is 55.6 Å². The number of rotatable bonds is 8. The zero-order chi connectivity index (χ0) is 39.8. The van der Waals surface area contributed by atoms with E-state index in [9.17, 15) is 0 Å². The summed E-state index contributed by atoms with van der Waals surface area (Å²) < 4.78 is 6.14. The van der Waals surface area contributed by atoms with Crippen LogP contribution < -0.4 is 4.90 Å². The Labute approximate surface area is 349 Å². The standard InChI is InChI=1S/C58H39NO/c1-2-11-40(12-3-1)42-21-24-45(25-22-42)53-17-6-8-19-56(53)59(52-34-29-44(30-35-52)50-31-36-58-55(39-50)54-18-7-9-20-57(54)60-58)51-32-27-43(28-33-51)47-15-10-16-48(37-47)49-26-23-41-13-4-5-14-46(41)38-49/h1-39H. The molecule has 0 bridgehead atoms. The topological polar surface area (TPSA) is 16.4 Å². The van der Waals surface area contributed by atoms with Gasteiger partial charge < -0.3 is 9.32 Å². The van der Waals surface area contributed by atoms with Crippen molar-refractivity contribution < 1.29 is 4.42 Å². The molecule has 0 aliphatic heterocycles. The fourth-order valence-electron chi connectivity index (χ4n) is 8.57. The summed E-state index contributed by atoms with van der Waals surface area (Å²) >= 11 is 0. The first-order valence-electron chi connectivity index (χ1n) is 20.5. The van der Waals surface area contributed by atoms with Gasteiger partial charge in [-0.1, -0.05) is 176 Å². The normalized spacial score (nSPS) is 11.3. The smallest absolute Gasteiger partial charge is 0.135 e. The number of hydrogen-bond acceptors (Lipinski definition) is 2. The van der Waals surface area contributed by atoms with Crippen molar-refractivity contribution in [3.63, 3.8) is 0 Å². The van der Waals surface area contributed by atoms with Crippen LogP contribution in [0.5, 0.6) is 0 Å². The van der Waals surface area contributed by atoms with E-state index in [1.807, 2.05) is 12.1 Å². The predicted molar refractivity (Wildman–Crippen MR) is 253 cm³/mol. The average molecular weight is 766 g/mol. The van der Waals surface area contributed by atoms with Crippen molar-refractivity contribution in [2.75, 3.05) is 4.90 Å². The lowest BCUT2D eigenvalue weighted by molar-refractivity contribution is 0.669. The second-order valence-electron chi connectivity index (χ2n) is 15.3. The molecule has 0 saturated heterocycles. The Morgan fingerprint density at radius 2 is 0.750 bits per heavy atom. The first-order valence-corrected chi connectivity index (χ1v) is 20.5. The van der Waals surface area contributed by atoms with Gasteiger partial charge in [0.15, 0.2) is 0 Å². The number of hydrogen-bond donors (Lipinski definition) is 0. The summed E-state index contributed by atoms with van der Waals surface area (Å²) in [6, 6.07) is 85.0. The van der Waals surface area contributed by atoms with Gasteiger partial charge in [-0.2, -0.15) is 0 Å². The molecule has 1 aromatic heterocycles. The molecule has 0 atom stereocenters. The number of benzene rings is 10. The average Bonchev–Trinajstić information content (AvgIpc) is 3.71. The fraction of sp³-hybridized carbons (Fsp3) is 0. The number of nitrogens with zero attached hydrogens (tertiary/aromatic N) is 1. The van der Waals surface area contributed by atoms with Crippen molar-refractivity contribution in [2.45, 2.75) is 0 Å². The van der Waals surface area contributed by atoms with E-state index in [0.29, 0.717) is 0 Å². The molecule has 1 heterocycles. The highest BCUT2D eigenvalue weighted by Crippen LogP contribution is 2.43. The number of anilines is 3. The molecule has 2 heteroatoms. The minimum absolute atomic E-state index is 0.903. The van der Waals surface area contributed by atoms with Gasteiger partial charge in [0, 0.05) is 27.7 Å². The van der Waals surface area contributed by atoms with Crippen LogP contribution in [0, 0.1) is 0 Å². The zero-order valence-electron chi connectivity index (χ0n) is 32.9. The molecule has 10 aromatic carbocycles. The van der Waals surface area contributed by atoms with E-state index in [1.54, 1.807) is 0 Å². The van der Waals surface area contributed by atoms with E-state index < -0.39 is 0 Å². The largest absolute Gasteiger partial charge is 0.456 e. The molecule has 0 aliphatic carbocycles. The molecule has 0 fully saturated rings. The van der Waals surface area contributed by atoms with Gasteiger partial charge in [-0.15, -0.1) is 0 Å². The number of furan rings is 1. The molecule has 60 heavy (non-hydrogen) atoms. The van der Waals surface area contributed by atoms with Gasteiger partial charge >= 0.3 is 0 Å². The van der Waals surface area contributed by atoms with Crippen LogP contribution in [0.1, 0.15) is 0 Å². The van der Waals surface area contributed by atoms with Gasteiger partial charge in [0.25, 0.3) is 0 Å². The van der Waals surface area contributed by atoms with Crippen LogP contribution in [0.15, 0.2) is 241 Å². The molecule has 0 aliphatic rings. The van der Waals surface area contributed by atoms with Crippen LogP contribution in [0.3, 0.4) is 0 Å². The molecule has 0 saturated carbocycles. The van der Waals surface area contributed by atoms with Gasteiger partial charge in [-0.05, 0) is 122 Å². The Kier molecular flexibility index (Phi) is 8.87. The van der Waals surface area contributed by atoms with Gasteiger partial charge in [0.05, 0.1) is 5.69 Å². The zero-order valence-corrected chi connectivity index (χ0v) is 32.9. The van der Waals surface area contributed by atoms with Crippen molar-refractivity contribution in [1.29, 1.82) is 0 Å². The summed E-state index contributed by atoms with van der Waals surface area (Å²) in [7, 11) is 0. The van der Waals surface area contributed by atoms with Crippen LogP contribution >= 0.6 is 0 Å². The molecule has 0 radical (unpaired) electrons. The summed E-state index contributed by atoms with van der Waals surface area (Å²) in [4.78, 5) is 2.38. The maximum atomic E-state index is 6.14. The molecule has 0 unspecified atom stereocenters. The predicted octanol–water partition coefficient (Wildman–Crippen LogP) is 16.5. The highest BCUT2D eigenvalue weighted by Gasteiger charge is 2.18. The van der Waals surface area contributed by atoms with E-state index in [-0.39, 0.29) is 0 Å².